The van der Waals surface area contributed by atoms with Crippen LogP contribution in [-0.2, 0) is 0 Å². The lowest BCUT2D eigenvalue weighted by atomic mass is 10.3. The third kappa shape index (κ3) is 4.26. The monoisotopic (exact) mass is 376 g/mol. The second-order valence-corrected chi connectivity index (χ2v) is 7.74. The molecule has 1 fully saturated rings. The van der Waals surface area contributed by atoms with Crippen molar-refractivity contribution >= 4 is 57.4 Å². The number of hydrogen-bond acceptors (Lipinski definition) is 4. The van der Waals surface area contributed by atoms with Crippen LogP contribution >= 0.6 is 35.6 Å². The minimum Gasteiger partial charge on any atom is -0.332 e. The molecule has 124 valence electrons. The van der Waals surface area contributed by atoms with Gasteiger partial charge in [-0.3, -0.25) is 4.90 Å². The summed E-state index contributed by atoms with van der Waals surface area (Å²) < 4.78 is 0. The first-order valence-corrected chi connectivity index (χ1v) is 9.21. The molecule has 1 aliphatic heterocycles. The van der Waals surface area contributed by atoms with Crippen molar-refractivity contribution in [3.63, 3.8) is 0 Å². The van der Waals surface area contributed by atoms with Crippen LogP contribution in [0.5, 0.6) is 0 Å². The Morgan fingerprint density at radius 1 is 1.38 bits per heavy atom. The molecule has 1 aliphatic rings. The molecule has 0 amide bonds. The summed E-state index contributed by atoms with van der Waals surface area (Å²) in [6, 6.07) is 13.3. The van der Waals surface area contributed by atoms with Crippen LogP contribution in [0.3, 0.4) is 0 Å². The van der Waals surface area contributed by atoms with E-state index < -0.39 is 0 Å². The molecule has 0 saturated carbocycles. The lowest BCUT2D eigenvalue weighted by Gasteiger charge is -2.20. The van der Waals surface area contributed by atoms with Gasteiger partial charge in [0.15, 0.2) is 16.1 Å². The fraction of sp³-hybridized carbons (Fsp3) is 0.235. The number of thioether (sulfide) groups is 1. The molecule has 2 heterocycles. The number of nitrogens with one attached hydrogen (secondary N) is 1. The predicted octanol–water partition coefficient (Wildman–Crippen LogP) is 4.87. The van der Waals surface area contributed by atoms with E-state index in [1.54, 1.807) is 11.8 Å². The Morgan fingerprint density at radius 2 is 2.17 bits per heavy atom. The molecule has 7 heteroatoms. The Balaban J connectivity index is 1.81. The lowest BCUT2D eigenvalue weighted by Crippen LogP contribution is -2.36. The molecule has 24 heavy (non-hydrogen) atoms. The maximum atomic E-state index is 6.03. The van der Waals surface area contributed by atoms with Gasteiger partial charge in [0.2, 0.25) is 0 Å². The topological polar surface area (TPSA) is 40.5 Å². The summed E-state index contributed by atoms with van der Waals surface area (Å²) in [5.41, 5.74) is 1.81. The highest BCUT2D eigenvalue weighted by molar-refractivity contribution is 8.14. The van der Waals surface area contributed by atoms with Gasteiger partial charge in [-0.25, -0.2) is 9.98 Å². The SMILES string of the molecule is Cc1cccc(N=C2SC(C)CN2C(=S)Nc2cccc(Cl)c2)n1. The van der Waals surface area contributed by atoms with Crippen molar-refractivity contribution in [2.24, 2.45) is 4.99 Å². The van der Waals surface area contributed by atoms with Gasteiger partial charge >= 0.3 is 0 Å². The van der Waals surface area contributed by atoms with Crippen LogP contribution in [0.1, 0.15) is 12.6 Å². The summed E-state index contributed by atoms with van der Waals surface area (Å²) >= 11 is 13.3. The molecule has 4 nitrogen and oxygen atoms in total. The van der Waals surface area contributed by atoms with Crippen LogP contribution in [0.2, 0.25) is 5.02 Å². The van der Waals surface area contributed by atoms with Crippen molar-refractivity contribution in [1.29, 1.82) is 0 Å². The van der Waals surface area contributed by atoms with Crippen LogP contribution in [0.4, 0.5) is 11.5 Å². The molecule has 3 rings (SSSR count). The van der Waals surface area contributed by atoms with E-state index in [-0.39, 0.29) is 0 Å². The lowest BCUT2D eigenvalue weighted by molar-refractivity contribution is 0.641. The molecule has 1 aromatic heterocycles. The minimum atomic E-state index is 0.410. The van der Waals surface area contributed by atoms with Crippen molar-refractivity contribution in [3.8, 4) is 0 Å². The summed E-state index contributed by atoms with van der Waals surface area (Å²) in [4.78, 5) is 11.1. The van der Waals surface area contributed by atoms with Crippen molar-refractivity contribution in [2.75, 3.05) is 11.9 Å². The van der Waals surface area contributed by atoms with Crippen LogP contribution < -0.4 is 5.32 Å². The Bertz CT molecular complexity index is 794. The molecule has 0 aliphatic carbocycles. The standard InChI is InChI=1S/C17H17ClN4S2/c1-11-5-3-8-15(19-11)21-17-22(10-12(2)24-17)16(23)20-14-7-4-6-13(18)9-14/h3-9,12H,10H2,1-2H3,(H,20,23). The Morgan fingerprint density at radius 3 is 2.92 bits per heavy atom. The van der Waals surface area contributed by atoms with Crippen LogP contribution in [0.15, 0.2) is 47.5 Å². The number of rotatable bonds is 2. The molecule has 1 saturated heterocycles. The van der Waals surface area contributed by atoms with E-state index in [4.69, 9.17) is 23.8 Å². The number of benzene rings is 1. The number of hydrogen-bond donors (Lipinski definition) is 1. The van der Waals surface area contributed by atoms with E-state index in [1.807, 2.05) is 54.3 Å². The molecule has 0 spiro atoms. The highest BCUT2D eigenvalue weighted by Gasteiger charge is 2.29. The van der Waals surface area contributed by atoms with Gasteiger partial charge in [0.05, 0.1) is 0 Å². The zero-order valence-corrected chi connectivity index (χ0v) is 15.8. The van der Waals surface area contributed by atoms with Gasteiger partial charge < -0.3 is 5.32 Å². The highest BCUT2D eigenvalue weighted by atomic mass is 35.5. The fourth-order valence-electron chi connectivity index (χ4n) is 2.32. The molecule has 1 unspecified atom stereocenters. The molecule has 0 radical (unpaired) electrons. The largest absolute Gasteiger partial charge is 0.332 e. The summed E-state index contributed by atoms with van der Waals surface area (Å²) in [5, 5.41) is 5.78. The predicted molar refractivity (Wildman–Crippen MR) is 108 cm³/mol. The number of aryl methyl sites for hydroxylation is 1. The van der Waals surface area contributed by atoms with Gasteiger partial charge in [-0.15, -0.1) is 0 Å². The smallest absolute Gasteiger partial charge is 0.179 e. The maximum absolute atomic E-state index is 6.03. The zero-order valence-electron chi connectivity index (χ0n) is 13.4. The van der Waals surface area contributed by atoms with Gasteiger partial charge in [0, 0.05) is 28.2 Å². The number of anilines is 1. The number of nitrogens with zero attached hydrogens (tertiary/aromatic N) is 3. The van der Waals surface area contributed by atoms with Crippen LogP contribution in [0, 0.1) is 6.92 Å². The molecule has 0 bridgehead atoms. The average molecular weight is 377 g/mol. The van der Waals surface area contributed by atoms with Crippen LogP contribution in [0.25, 0.3) is 0 Å². The van der Waals surface area contributed by atoms with Crippen LogP contribution in [-0.4, -0.2) is 32.0 Å². The van der Waals surface area contributed by atoms with E-state index in [0.29, 0.717) is 21.2 Å². The second kappa shape index (κ2) is 7.51. The Kier molecular flexibility index (Phi) is 5.38. The van der Waals surface area contributed by atoms with Gasteiger partial charge in [-0.05, 0) is 49.5 Å². The van der Waals surface area contributed by atoms with E-state index in [9.17, 15) is 0 Å². The number of aromatic nitrogens is 1. The summed E-state index contributed by atoms with van der Waals surface area (Å²) in [5.74, 6) is 0.696. The minimum absolute atomic E-state index is 0.410. The highest BCUT2D eigenvalue weighted by Crippen LogP contribution is 2.28. The normalized spacial score (nSPS) is 18.9. The molecule has 2 aromatic rings. The summed E-state index contributed by atoms with van der Waals surface area (Å²) in [6.07, 6.45) is 0. The Labute approximate surface area is 156 Å². The van der Waals surface area contributed by atoms with Gasteiger partial charge in [-0.2, -0.15) is 0 Å². The van der Waals surface area contributed by atoms with E-state index in [2.05, 4.69) is 22.2 Å². The van der Waals surface area contributed by atoms with Gasteiger partial charge in [-0.1, -0.05) is 42.4 Å². The van der Waals surface area contributed by atoms with Crippen molar-refractivity contribution in [2.45, 2.75) is 19.1 Å². The first kappa shape index (κ1) is 17.2. The van der Waals surface area contributed by atoms with E-state index in [0.717, 1.165) is 23.1 Å². The summed E-state index contributed by atoms with van der Waals surface area (Å²) in [7, 11) is 0. The molecular formula is C17H17ClN4S2. The van der Waals surface area contributed by atoms with Crippen molar-refractivity contribution < 1.29 is 0 Å². The van der Waals surface area contributed by atoms with Crippen molar-refractivity contribution in [3.05, 3.63) is 53.2 Å². The van der Waals surface area contributed by atoms with Gasteiger partial charge in [0.25, 0.3) is 0 Å². The number of thiocarbonyl (C=S) groups is 1. The first-order valence-electron chi connectivity index (χ1n) is 7.54. The van der Waals surface area contributed by atoms with Gasteiger partial charge in [0.1, 0.15) is 0 Å². The third-order valence-electron chi connectivity index (χ3n) is 3.38. The third-order valence-corrected chi connectivity index (χ3v) is 5.01. The molecule has 1 atom stereocenters. The second-order valence-electron chi connectivity index (χ2n) is 5.51. The average Bonchev–Trinajstić information content (AvgIpc) is 2.88. The number of halogens is 1. The number of amidine groups is 1. The fourth-order valence-corrected chi connectivity index (χ4v) is 3.87. The summed E-state index contributed by atoms with van der Waals surface area (Å²) in [6.45, 7) is 4.92. The molecule has 1 N–H and O–H groups in total. The molecular weight excluding hydrogens is 360 g/mol. The van der Waals surface area contributed by atoms with E-state index >= 15 is 0 Å². The zero-order chi connectivity index (χ0) is 17.1. The maximum Gasteiger partial charge on any atom is 0.179 e. The van der Waals surface area contributed by atoms with Crippen molar-refractivity contribution in [1.82, 2.24) is 9.88 Å². The first-order chi connectivity index (χ1) is 11.5. The number of pyridine rings is 1. The molecule has 1 aromatic carbocycles. The quantitative estimate of drug-likeness (QED) is 0.757. The number of aliphatic imine (C=N–C) groups is 1. The Hall–Kier alpha value is -1.63. The van der Waals surface area contributed by atoms with E-state index in [1.165, 1.54) is 0 Å².